The SMILES string of the molecule is CCN1CCCC1CNC(=O)c1ccc(-c2nc(C)no2)cc1. The number of aryl methyl sites for hydroxylation is 1. The standard InChI is InChI=1S/C17H22N4O2/c1-3-21-10-4-5-15(21)11-18-16(22)13-6-8-14(9-7-13)17-19-12(2)20-23-17/h6-9,15H,3-5,10-11H2,1-2H3,(H,18,22). The van der Waals surface area contributed by atoms with Gasteiger partial charge in [0.05, 0.1) is 0 Å². The van der Waals surface area contributed by atoms with Crippen molar-refractivity contribution in [2.75, 3.05) is 19.6 Å². The van der Waals surface area contributed by atoms with Crippen molar-refractivity contribution in [3.8, 4) is 11.5 Å². The van der Waals surface area contributed by atoms with E-state index >= 15 is 0 Å². The van der Waals surface area contributed by atoms with E-state index < -0.39 is 0 Å². The molecule has 1 aromatic carbocycles. The van der Waals surface area contributed by atoms with Gasteiger partial charge in [-0.1, -0.05) is 12.1 Å². The molecule has 3 rings (SSSR count). The van der Waals surface area contributed by atoms with Gasteiger partial charge in [-0.05, 0) is 57.1 Å². The molecule has 1 aliphatic rings. The van der Waals surface area contributed by atoms with Crippen molar-refractivity contribution in [2.45, 2.75) is 32.7 Å². The number of nitrogens with zero attached hydrogens (tertiary/aromatic N) is 3. The first-order chi connectivity index (χ1) is 11.2. The molecule has 0 saturated carbocycles. The average Bonchev–Trinajstić information content (AvgIpc) is 3.21. The van der Waals surface area contributed by atoms with Gasteiger partial charge in [0.15, 0.2) is 5.82 Å². The summed E-state index contributed by atoms with van der Waals surface area (Å²) >= 11 is 0. The highest BCUT2D eigenvalue weighted by atomic mass is 16.5. The first-order valence-electron chi connectivity index (χ1n) is 8.10. The van der Waals surface area contributed by atoms with Crippen LogP contribution in [0.5, 0.6) is 0 Å². The number of likely N-dealkylation sites (N-methyl/N-ethyl adjacent to an activating group) is 1. The second-order valence-corrected chi connectivity index (χ2v) is 5.86. The monoisotopic (exact) mass is 314 g/mol. The minimum absolute atomic E-state index is 0.0405. The summed E-state index contributed by atoms with van der Waals surface area (Å²) < 4.78 is 5.12. The lowest BCUT2D eigenvalue weighted by molar-refractivity contribution is 0.0941. The largest absolute Gasteiger partial charge is 0.350 e. The van der Waals surface area contributed by atoms with Crippen LogP contribution in [-0.2, 0) is 0 Å². The highest BCUT2D eigenvalue weighted by Crippen LogP contribution is 2.18. The Hall–Kier alpha value is -2.21. The molecule has 1 aliphatic heterocycles. The molecule has 1 N–H and O–H groups in total. The zero-order valence-corrected chi connectivity index (χ0v) is 13.6. The Morgan fingerprint density at radius 3 is 2.83 bits per heavy atom. The Morgan fingerprint density at radius 2 is 2.17 bits per heavy atom. The first kappa shape index (κ1) is 15.7. The smallest absolute Gasteiger partial charge is 0.257 e. The van der Waals surface area contributed by atoms with Crippen LogP contribution in [0.1, 0.15) is 35.9 Å². The predicted octanol–water partition coefficient (Wildman–Crippen LogP) is 2.26. The number of carbonyl (C=O) groups excluding carboxylic acids is 1. The minimum atomic E-state index is -0.0405. The number of hydrogen-bond acceptors (Lipinski definition) is 5. The lowest BCUT2D eigenvalue weighted by atomic mass is 10.1. The Balaban J connectivity index is 1.59. The maximum Gasteiger partial charge on any atom is 0.257 e. The molecule has 1 saturated heterocycles. The fourth-order valence-corrected chi connectivity index (χ4v) is 3.03. The van der Waals surface area contributed by atoms with Crippen LogP contribution in [0.2, 0.25) is 0 Å². The Kier molecular flexibility index (Phi) is 4.71. The minimum Gasteiger partial charge on any atom is -0.350 e. The number of hydrogen-bond donors (Lipinski definition) is 1. The van der Waals surface area contributed by atoms with Crippen molar-refractivity contribution in [1.82, 2.24) is 20.4 Å². The fraction of sp³-hybridized carbons (Fsp3) is 0.471. The highest BCUT2D eigenvalue weighted by molar-refractivity contribution is 5.94. The van der Waals surface area contributed by atoms with Crippen LogP contribution in [0, 0.1) is 6.92 Å². The third kappa shape index (κ3) is 3.59. The van der Waals surface area contributed by atoms with Gasteiger partial charge in [-0.15, -0.1) is 0 Å². The van der Waals surface area contributed by atoms with Gasteiger partial charge in [-0.3, -0.25) is 9.69 Å². The zero-order valence-electron chi connectivity index (χ0n) is 13.6. The van der Waals surface area contributed by atoms with Crippen molar-refractivity contribution in [3.05, 3.63) is 35.7 Å². The molecule has 0 spiro atoms. The number of nitrogens with one attached hydrogen (secondary N) is 1. The third-order valence-corrected chi connectivity index (χ3v) is 4.33. The molecule has 1 atom stereocenters. The van der Waals surface area contributed by atoms with Gasteiger partial charge in [0.2, 0.25) is 0 Å². The van der Waals surface area contributed by atoms with E-state index in [-0.39, 0.29) is 5.91 Å². The molecule has 23 heavy (non-hydrogen) atoms. The lowest BCUT2D eigenvalue weighted by Gasteiger charge is -2.22. The summed E-state index contributed by atoms with van der Waals surface area (Å²) in [7, 11) is 0. The molecule has 2 aromatic rings. The summed E-state index contributed by atoms with van der Waals surface area (Å²) in [6.07, 6.45) is 2.37. The van der Waals surface area contributed by atoms with Crippen molar-refractivity contribution in [1.29, 1.82) is 0 Å². The van der Waals surface area contributed by atoms with Crippen LogP contribution in [0.25, 0.3) is 11.5 Å². The molecular weight excluding hydrogens is 292 g/mol. The van der Waals surface area contributed by atoms with E-state index in [1.54, 1.807) is 19.1 Å². The van der Waals surface area contributed by atoms with Crippen molar-refractivity contribution >= 4 is 5.91 Å². The Bertz CT molecular complexity index is 665. The average molecular weight is 314 g/mol. The maximum atomic E-state index is 12.3. The van der Waals surface area contributed by atoms with Crippen LogP contribution in [0.15, 0.2) is 28.8 Å². The quantitative estimate of drug-likeness (QED) is 0.916. The predicted molar refractivity (Wildman–Crippen MR) is 87.1 cm³/mol. The number of carbonyl (C=O) groups is 1. The molecule has 0 radical (unpaired) electrons. The first-order valence-corrected chi connectivity index (χ1v) is 8.10. The molecular formula is C17H22N4O2. The summed E-state index contributed by atoms with van der Waals surface area (Å²) in [6.45, 7) is 6.82. The normalized spacial score (nSPS) is 18.3. The summed E-state index contributed by atoms with van der Waals surface area (Å²) in [5.74, 6) is 1.03. The van der Waals surface area contributed by atoms with Crippen molar-refractivity contribution in [3.63, 3.8) is 0 Å². The van der Waals surface area contributed by atoms with Crippen molar-refractivity contribution in [2.24, 2.45) is 0 Å². The molecule has 1 unspecified atom stereocenters. The van der Waals surface area contributed by atoms with Crippen LogP contribution in [-0.4, -0.2) is 46.6 Å². The van der Waals surface area contributed by atoms with E-state index in [1.165, 1.54) is 6.42 Å². The van der Waals surface area contributed by atoms with Gasteiger partial charge in [-0.25, -0.2) is 0 Å². The number of amides is 1. The van der Waals surface area contributed by atoms with Crippen LogP contribution in [0.4, 0.5) is 0 Å². The number of aromatic nitrogens is 2. The lowest BCUT2D eigenvalue weighted by Crippen LogP contribution is -2.40. The number of benzene rings is 1. The molecule has 2 heterocycles. The van der Waals surface area contributed by atoms with E-state index in [0.29, 0.717) is 29.9 Å². The van der Waals surface area contributed by atoms with Gasteiger partial charge in [0, 0.05) is 23.7 Å². The van der Waals surface area contributed by atoms with E-state index in [2.05, 4.69) is 27.3 Å². The summed E-state index contributed by atoms with van der Waals surface area (Å²) in [5, 5.41) is 6.81. The summed E-state index contributed by atoms with van der Waals surface area (Å²) in [6, 6.07) is 7.70. The van der Waals surface area contributed by atoms with Gasteiger partial charge in [0.1, 0.15) is 0 Å². The number of likely N-dealkylation sites (tertiary alicyclic amines) is 1. The molecule has 6 nitrogen and oxygen atoms in total. The van der Waals surface area contributed by atoms with Gasteiger partial charge >= 0.3 is 0 Å². The summed E-state index contributed by atoms with van der Waals surface area (Å²) in [5.41, 5.74) is 1.46. The second-order valence-electron chi connectivity index (χ2n) is 5.86. The van der Waals surface area contributed by atoms with E-state index in [4.69, 9.17) is 4.52 Å². The van der Waals surface area contributed by atoms with E-state index in [0.717, 1.165) is 25.1 Å². The molecule has 0 bridgehead atoms. The molecule has 1 fully saturated rings. The fourth-order valence-electron chi connectivity index (χ4n) is 3.03. The number of rotatable bonds is 5. The topological polar surface area (TPSA) is 71.3 Å². The maximum absolute atomic E-state index is 12.3. The van der Waals surface area contributed by atoms with Crippen molar-refractivity contribution < 1.29 is 9.32 Å². The highest BCUT2D eigenvalue weighted by Gasteiger charge is 2.23. The molecule has 122 valence electrons. The van der Waals surface area contributed by atoms with Crippen LogP contribution < -0.4 is 5.32 Å². The molecule has 1 amide bonds. The van der Waals surface area contributed by atoms with E-state index in [1.807, 2.05) is 12.1 Å². The molecule has 0 aliphatic carbocycles. The van der Waals surface area contributed by atoms with E-state index in [9.17, 15) is 4.79 Å². The second kappa shape index (κ2) is 6.91. The van der Waals surface area contributed by atoms with Gasteiger partial charge in [-0.2, -0.15) is 4.98 Å². The van der Waals surface area contributed by atoms with Gasteiger partial charge in [0.25, 0.3) is 11.8 Å². The zero-order chi connectivity index (χ0) is 16.2. The summed E-state index contributed by atoms with van der Waals surface area (Å²) in [4.78, 5) is 18.9. The third-order valence-electron chi connectivity index (χ3n) is 4.33. The van der Waals surface area contributed by atoms with Gasteiger partial charge < -0.3 is 9.84 Å². The molecule has 1 aromatic heterocycles. The molecule has 6 heteroatoms. The Labute approximate surface area is 135 Å². The Morgan fingerprint density at radius 1 is 1.39 bits per heavy atom. The van der Waals surface area contributed by atoms with Crippen LogP contribution >= 0.6 is 0 Å². The van der Waals surface area contributed by atoms with Crippen LogP contribution in [0.3, 0.4) is 0 Å².